The highest BCUT2D eigenvalue weighted by molar-refractivity contribution is 6.35. The number of fused-ring (bicyclic) bond motifs is 1. The molecule has 0 fully saturated rings. The molecule has 3 aromatic rings. The fraction of sp³-hybridized carbons (Fsp3) is 0.263. The molecule has 2 aromatic heterocycles. The Hall–Kier alpha value is -2.93. The highest BCUT2D eigenvalue weighted by atomic mass is 35.5. The third kappa shape index (κ3) is 3.93. The van der Waals surface area contributed by atoms with Gasteiger partial charge in [0.05, 0.1) is 33.9 Å². The number of aromatic nitrogens is 3. The molecule has 0 radical (unpaired) electrons. The predicted octanol–water partition coefficient (Wildman–Crippen LogP) is 3.79. The highest BCUT2D eigenvalue weighted by Gasteiger charge is 2.24. The molecule has 1 unspecified atom stereocenters. The number of nitrogens with one attached hydrogen (secondary N) is 1. The second-order valence-corrected chi connectivity index (χ2v) is 6.99. The van der Waals surface area contributed by atoms with Crippen molar-refractivity contribution in [3.63, 3.8) is 0 Å². The number of nitrogens with zero attached hydrogens (tertiary/aromatic N) is 3. The number of amides is 1. The number of pyridine rings is 1. The molecule has 0 saturated carbocycles. The standard InChI is InChI=1S/C19H19ClN4O3/c1-11(2)9-15(23-19(26)27)17-22-14-7-3-6-13(20)16(14)18(25)24(17)12-5-4-8-21-10-12/h3-8,10-11,15,23H,9H2,1-2H3,(H,26,27). The number of carbonyl (C=O) groups is 1. The van der Waals surface area contributed by atoms with Gasteiger partial charge < -0.3 is 10.4 Å². The minimum absolute atomic E-state index is 0.177. The Kier molecular flexibility index (Phi) is 5.41. The van der Waals surface area contributed by atoms with Crippen LogP contribution in [0.1, 0.15) is 32.1 Å². The maximum atomic E-state index is 13.3. The van der Waals surface area contributed by atoms with Crippen molar-refractivity contribution in [2.45, 2.75) is 26.3 Å². The summed E-state index contributed by atoms with van der Waals surface area (Å²) in [6.45, 7) is 3.95. The minimum Gasteiger partial charge on any atom is -0.465 e. The van der Waals surface area contributed by atoms with E-state index < -0.39 is 12.1 Å². The summed E-state index contributed by atoms with van der Waals surface area (Å²) in [5, 5.41) is 12.3. The molecule has 27 heavy (non-hydrogen) atoms. The van der Waals surface area contributed by atoms with E-state index in [1.54, 1.807) is 36.5 Å². The van der Waals surface area contributed by atoms with E-state index in [1.807, 2.05) is 13.8 Å². The molecule has 0 bridgehead atoms. The van der Waals surface area contributed by atoms with Crippen LogP contribution >= 0.6 is 11.6 Å². The quantitative estimate of drug-likeness (QED) is 0.695. The molecule has 7 nitrogen and oxygen atoms in total. The van der Waals surface area contributed by atoms with Gasteiger partial charge in [-0.2, -0.15) is 0 Å². The fourth-order valence-corrected chi connectivity index (χ4v) is 3.28. The van der Waals surface area contributed by atoms with Crippen LogP contribution in [0.3, 0.4) is 0 Å². The van der Waals surface area contributed by atoms with Gasteiger partial charge in [0.25, 0.3) is 5.56 Å². The lowest BCUT2D eigenvalue weighted by molar-refractivity contribution is 0.187. The van der Waals surface area contributed by atoms with Crippen LogP contribution in [-0.2, 0) is 0 Å². The van der Waals surface area contributed by atoms with Crippen molar-refractivity contribution in [2.75, 3.05) is 0 Å². The summed E-state index contributed by atoms with van der Waals surface area (Å²) in [4.78, 5) is 33.3. The van der Waals surface area contributed by atoms with Crippen molar-refractivity contribution in [1.29, 1.82) is 0 Å². The van der Waals surface area contributed by atoms with Gasteiger partial charge in [-0.25, -0.2) is 9.78 Å². The van der Waals surface area contributed by atoms with Crippen LogP contribution < -0.4 is 10.9 Å². The normalized spacial score (nSPS) is 12.3. The van der Waals surface area contributed by atoms with Crippen molar-refractivity contribution >= 4 is 28.6 Å². The number of hydrogen-bond donors (Lipinski definition) is 2. The van der Waals surface area contributed by atoms with Gasteiger partial charge in [0.2, 0.25) is 0 Å². The van der Waals surface area contributed by atoms with Gasteiger partial charge in [0, 0.05) is 6.20 Å². The summed E-state index contributed by atoms with van der Waals surface area (Å²) in [5.41, 5.74) is 0.547. The Labute approximate surface area is 160 Å². The van der Waals surface area contributed by atoms with Crippen molar-refractivity contribution in [3.8, 4) is 5.69 Å². The molecule has 0 spiro atoms. The van der Waals surface area contributed by atoms with Gasteiger partial charge in [0.1, 0.15) is 5.82 Å². The second kappa shape index (κ2) is 7.75. The molecule has 0 saturated heterocycles. The third-order valence-corrected chi connectivity index (χ3v) is 4.41. The monoisotopic (exact) mass is 386 g/mol. The average molecular weight is 387 g/mol. The molecule has 2 N–H and O–H groups in total. The van der Waals surface area contributed by atoms with Gasteiger partial charge in [-0.3, -0.25) is 14.3 Å². The van der Waals surface area contributed by atoms with Crippen LogP contribution in [0, 0.1) is 5.92 Å². The van der Waals surface area contributed by atoms with Crippen LogP contribution in [0.25, 0.3) is 16.6 Å². The maximum Gasteiger partial charge on any atom is 0.405 e. The summed E-state index contributed by atoms with van der Waals surface area (Å²) in [7, 11) is 0. The summed E-state index contributed by atoms with van der Waals surface area (Å²) in [6.07, 6.45) is 2.42. The zero-order valence-corrected chi connectivity index (χ0v) is 15.6. The number of halogens is 1. The smallest absolute Gasteiger partial charge is 0.405 e. The molecule has 8 heteroatoms. The first-order valence-corrected chi connectivity index (χ1v) is 8.87. The maximum absolute atomic E-state index is 13.3. The van der Waals surface area contributed by atoms with Gasteiger partial charge in [-0.1, -0.05) is 31.5 Å². The van der Waals surface area contributed by atoms with E-state index in [0.717, 1.165) is 0 Å². The Morgan fingerprint density at radius 3 is 2.70 bits per heavy atom. The van der Waals surface area contributed by atoms with Crippen molar-refractivity contribution in [1.82, 2.24) is 19.9 Å². The Balaban J connectivity index is 2.35. The van der Waals surface area contributed by atoms with E-state index in [1.165, 1.54) is 10.8 Å². The van der Waals surface area contributed by atoms with E-state index >= 15 is 0 Å². The zero-order valence-electron chi connectivity index (χ0n) is 14.9. The van der Waals surface area contributed by atoms with Gasteiger partial charge in [-0.05, 0) is 36.6 Å². The molecular weight excluding hydrogens is 368 g/mol. The predicted molar refractivity (Wildman–Crippen MR) is 104 cm³/mol. The molecule has 0 aliphatic carbocycles. The summed E-state index contributed by atoms with van der Waals surface area (Å²) in [5.74, 6) is 0.482. The van der Waals surface area contributed by atoms with Gasteiger partial charge in [-0.15, -0.1) is 0 Å². The lowest BCUT2D eigenvalue weighted by atomic mass is 10.0. The van der Waals surface area contributed by atoms with Crippen molar-refractivity contribution in [2.24, 2.45) is 5.92 Å². The summed E-state index contributed by atoms with van der Waals surface area (Å²) >= 11 is 6.24. The molecule has 1 aromatic carbocycles. The minimum atomic E-state index is -1.18. The largest absolute Gasteiger partial charge is 0.465 e. The van der Waals surface area contributed by atoms with E-state index in [9.17, 15) is 14.7 Å². The molecule has 1 atom stereocenters. The van der Waals surface area contributed by atoms with E-state index in [0.29, 0.717) is 28.5 Å². The van der Waals surface area contributed by atoms with Crippen LogP contribution in [0.5, 0.6) is 0 Å². The first kappa shape index (κ1) is 18.8. The summed E-state index contributed by atoms with van der Waals surface area (Å²) in [6, 6.07) is 7.77. The molecule has 1 amide bonds. The van der Waals surface area contributed by atoms with Crippen LogP contribution in [0.15, 0.2) is 47.5 Å². The molecule has 0 aliphatic heterocycles. The average Bonchev–Trinajstić information content (AvgIpc) is 2.61. The first-order chi connectivity index (χ1) is 12.9. The van der Waals surface area contributed by atoms with Crippen molar-refractivity contribution in [3.05, 3.63) is 63.9 Å². The zero-order chi connectivity index (χ0) is 19.6. The van der Waals surface area contributed by atoms with Gasteiger partial charge >= 0.3 is 6.09 Å². The van der Waals surface area contributed by atoms with Crippen LogP contribution in [-0.4, -0.2) is 25.7 Å². The van der Waals surface area contributed by atoms with Crippen molar-refractivity contribution < 1.29 is 9.90 Å². The van der Waals surface area contributed by atoms with Crippen LogP contribution in [0.4, 0.5) is 4.79 Å². The molecule has 3 rings (SSSR count). The number of hydrogen-bond acceptors (Lipinski definition) is 4. The Morgan fingerprint density at radius 1 is 1.30 bits per heavy atom. The van der Waals surface area contributed by atoms with Gasteiger partial charge in [0.15, 0.2) is 0 Å². The number of benzene rings is 1. The number of rotatable bonds is 5. The molecular formula is C19H19ClN4O3. The summed E-state index contributed by atoms with van der Waals surface area (Å²) < 4.78 is 1.38. The topological polar surface area (TPSA) is 97.1 Å². The van der Waals surface area contributed by atoms with E-state index in [4.69, 9.17) is 11.6 Å². The molecule has 140 valence electrons. The molecule has 2 heterocycles. The van der Waals surface area contributed by atoms with E-state index in [2.05, 4.69) is 15.3 Å². The lowest BCUT2D eigenvalue weighted by Crippen LogP contribution is -2.34. The Bertz CT molecular complexity index is 1030. The Morgan fingerprint density at radius 2 is 2.07 bits per heavy atom. The van der Waals surface area contributed by atoms with Crippen LogP contribution in [0.2, 0.25) is 5.02 Å². The lowest BCUT2D eigenvalue weighted by Gasteiger charge is -2.23. The first-order valence-electron chi connectivity index (χ1n) is 8.49. The SMILES string of the molecule is CC(C)CC(NC(=O)O)c1nc2cccc(Cl)c2c(=O)n1-c1cccnc1. The highest BCUT2D eigenvalue weighted by Crippen LogP contribution is 2.25. The fourth-order valence-electron chi connectivity index (χ4n) is 3.03. The van der Waals surface area contributed by atoms with E-state index in [-0.39, 0.29) is 16.9 Å². The number of carboxylic acid groups (broad SMARTS) is 1. The molecule has 0 aliphatic rings. The third-order valence-electron chi connectivity index (χ3n) is 4.09. The second-order valence-electron chi connectivity index (χ2n) is 6.59.